The summed E-state index contributed by atoms with van der Waals surface area (Å²) in [4.78, 5) is 17.7. The molecule has 30 heavy (non-hydrogen) atoms. The molecular formula is C21H24ClN3O3S2. The van der Waals surface area contributed by atoms with Crippen LogP contribution in [0.15, 0.2) is 63.3 Å². The summed E-state index contributed by atoms with van der Waals surface area (Å²) in [5, 5.41) is 3.65. The van der Waals surface area contributed by atoms with Gasteiger partial charge in [0.1, 0.15) is 5.84 Å². The van der Waals surface area contributed by atoms with Crippen molar-refractivity contribution in [3.63, 3.8) is 0 Å². The van der Waals surface area contributed by atoms with E-state index in [2.05, 4.69) is 15.0 Å². The SMILES string of the molecule is O=C(CCCCCN=C1NS(=O)(=O)c2ccccc21)NCCSc1ccc(Cl)cc1. The number of thioether (sulfide) groups is 1. The maximum atomic E-state index is 12.0. The van der Waals surface area contributed by atoms with Gasteiger partial charge in [-0.25, -0.2) is 8.42 Å². The van der Waals surface area contributed by atoms with E-state index in [0.717, 1.165) is 29.9 Å². The number of hydrogen-bond donors (Lipinski definition) is 2. The summed E-state index contributed by atoms with van der Waals surface area (Å²) in [6.45, 7) is 1.14. The van der Waals surface area contributed by atoms with Crippen molar-refractivity contribution in [3.8, 4) is 0 Å². The number of rotatable bonds is 10. The minimum Gasteiger partial charge on any atom is -0.355 e. The van der Waals surface area contributed by atoms with E-state index in [9.17, 15) is 13.2 Å². The highest BCUT2D eigenvalue weighted by atomic mass is 35.5. The molecule has 2 aromatic carbocycles. The normalized spacial score (nSPS) is 15.6. The molecule has 3 rings (SSSR count). The summed E-state index contributed by atoms with van der Waals surface area (Å²) in [5.74, 6) is 1.26. The number of nitrogens with one attached hydrogen (secondary N) is 2. The van der Waals surface area contributed by atoms with Crippen molar-refractivity contribution >= 4 is 45.1 Å². The molecule has 160 valence electrons. The molecule has 0 bridgehead atoms. The number of benzene rings is 2. The molecule has 0 saturated heterocycles. The molecule has 0 aliphatic carbocycles. The molecule has 1 aliphatic rings. The predicted octanol–water partition coefficient (Wildman–Crippen LogP) is 3.85. The fourth-order valence-corrected chi connectivity index (χ4v) is 5.14. The third kappa shape index (κ3) is 6.48. The number of unbranched alkanes of at least 4 members (excludes halogenated alkanes) is 2. The molecule has 6 nitrogen and oxygen atoms in total. The van der Waals surface area contributed by atoms with Crippen LogP contribution in [0.1, 0.15) is 31.2 Å². The second-order valence-corrected chi connectivity index (χ2v) is 10.1. The van der Waals surface area contributed by atoms with Gasteiger partial charge in [0.2, 0.25) is 5.91 Å². The Morgan fingerprint density at radius 3 is 2.63 bits per heavy atom. The summed E-state index contributed by atoms with van der Waals surface area (Å²) in [7, 11) is -3.49. The van der Waals surface area contributed by atoms with Gasteiger partial charge in [-0.1, -0.05) is 30.2 Å². The van der Waals surface area contributed by atoms with Gasteiger partial charge in [-0.15, -0.1) is 11.8 Å². The van der Waals surface area contributed by atoms with E-state index in [1.807, 2.05) is 24.3 Å². The lowest BCUT2D eigenvalue weighted by atomic mass is 10.2. The Balaban J connectivity index is 1.28. The number of sulfonamides is 1. The van der Waals surface area contributed by atoms with Gasteiger partial charge >= 0.3 is 0 Å². The number of nitrogens with zero attached hydrogens (tertiary/aromatic N) is 1. The zero-order valence-electron chi connectivity index (χ0n) is 16.4. The van der Waals surface area contributed by atoms with Gasteiger partial charge in [-0.3, -0.25) is 14.5 Å². The summed E-state index contributed by atoms with van der Waals surface area (Å²) in [5.41, 5.74) is 0.619. The van der Waals surface area contributed by atoms with Crippen LogP contribution in [0.3, 0.4) is 0 Å². The molecule has 1 aliphatic heterocycles. The minimum absolute atomic E-state index is 0.0514. The summed E-state index contributed by atoms with van der Waals surface area (Å²) >= 11 is 7.53. The minimum atomic E-state index is -3.49. The number of carbonyl (C=O) groups is 1. The van der Waals surface area contributed by atoms with Crippen LogP contribution in [0, 0.1) is 0 Å². The average Bonchev–Trinajstić information content (AvgIpc) is 3.00. The third-order valence-corrected chi connectivity index (χ3v) is 7.16. The first-order valence-electron chi connectivity index (χ1n) is 9.77. The van der Waals surface area contributed by atoms with E-state index < -0.39 is 10.0 Å². The van der Waals surface area contributed by atoms with E-state index in [4.69, 9.17) is 11.6 Å². The van der Waals surface area contributed by atoms with Crippen LogP contribution < -0.4 is 10.0 Å². The molecule has 0 aromatic heterocycles. The number of amidine groups is 1. The Morgan fingerprint density at radius 1 is 1.07 bits per heavy atom. The molecule has 1 heterocycles. The third-order valence-electron chi connectivity index (χ3n) is 4.50. The molecule has 0 radical (unpaired) electrons. The number of aliphatic imine (C=N–C) groups is 1. The number of hydrogen-bond acceptors (Lipinski definition) is 5. The van der Waals surface area contributed by atoms with Crippen LogP contribution in [0.2, 0.25) is 5.02 Å². The van der Waals surface area contributed by atoms with Crippen LogP contribution in [-0.2, 0) is 14.8 Å². The molecule has 0 unspecified atom stereocenters. The maximum absolute atomic E-state index is 12.0. The largest absolute Gasteiger partial charge is 0.355 e. The molecule has 0 spiro atoms. The molecule has 0 fully saturated rings. The average molecular weight is 466 g/mol. The predicted molar refractivity (Wildman–Crippen MR) is 122 cm³/mol. The van der Waals surface area contributed by atoms with Gasteiger partial charge < -0.3 is 5.32 Å². The molecule has 1 amide bonds. The van der Waals surface area contributed by atoms with Crippen molar-refractivity contribution in [2.45, 2.75) is 35.5 Å². The maximum Gasteiger partial charge on any atom is 0.263 e. The zero-order valence-corrected chi connectivity index (χ0v) is 18.8. The lowest BCUT2D eigenvalue weighted by molar-refractivity contribution is -0.121. The van der Waals surface area contributed by atoms with Gasteiger partial charge in [0, 0.05) is 40.7 Å². The van der Waals surface area contributed by atoms with Gasteiger partial charge in [-0.05, 0) is 49.2 Å². The highest BCUT2D eigenvalue weighted by molar-refractivity contribution is 7.99. The number of fused-ring (bicyclic) bond motifs is 1. The van der Waals surface area contributed by atoms with Crippen LogP contribution >= 0.6 is 23.4 Å². The first kappa shape index (κ1) is 22.7. The molecule has 2 aromatic rings. The van der Waals surface area contributed by atoms with E-state index >= 15 is 0 Å². The summed E-state index contributed by atoms with van der Waals surface area (Å²) in [6.07, 6.45) is 2.92. The van der Waals surface area contributed by atoms with Crippen molar-refractivity contribution in [2.75, 3.05) is 18.8 Å². The number of halogens is 1. The van der Waals surface area contributed by atoms with E-state index in [1.54, 1.807) is 36.0 Å². The molecule has 0 atom stereocenters. The molecule has 0 saturated carbocycles. The van der Waals surface area contributed by atoms with E-state index in [0.29, 0.717) is 35.9 Å². The second-order valence-electron chi connectivity index (χ2n) is 6.79. The van der Waals surface area contributed by atoms with Crippen LogP contribution in [0.5, 0.6) is 0 Å². The fourth-order valence-electron chi connectivity index (χ4n) is 2.99. The van der Waals surface area contributed by atoms with Crippen molar-refractivity contribution in [1.82, 2.24) is 10.0 Å². The second kappa shape index (κ2) is 10.8. The fraction of sp³-hybridized carbons (Fsp3) is 0.333. The smallest absolute Gasteiger partial charge is 0.263 e. The number of amides is 1. The van der Waals surface area contributed by atoms with Crippen molar-refractivity contribution < 1.29 is 13.2 Å². The first-order chi connectivity index (χ1) is 14.5. The molecular weight excluding hydrogens is 442 g/mol. The molecule has 9 heteroatoms. The van der Waals surface area contributed by atoms with Gasteiger partial charge in [-0.2, -0.15) is 0 Å². The Kier molecular flexibility index (Phi) is 8.18. The van der Waals surface area contributed by atoms with E-state index in [1.165, 1.54) is 0 Å². The van der Waals surface area contributed by atoms with Gasteiger partial charge in [0.15, 0.2) is 0 Å². The highest BCUT2D eigenvalue weighted by Gasteiger charge is 2.29. The summed E-state index contributed by atoms with van der Waals surface area (Å²) < 4.78 is 26.6. The quantitative estimate of drug-likeness (QED) is 0.412. The zero-order chi connectivity index (χ0) is 21.4. The Morgan fingerprint density at radius 2 is 1.83 bits per heavy atom. The Labute approximate surface area is 186 Å². The van der Waals surface area contributed by atoms with Gasteiger partial charge in [0.25, 0.3) is 10.0 Å². The monoisotopic (exact) mass is 465 g/mol. The standard InChI is InChI=1S/C21H24ClN3O3S2/c22-16-9-11-17(12-10-16)29-15-14-23-20(26)8-2-1-5-13-24-21-18-6-3-4-7-19(18)30(27,28)25-21/h3-4,6-7,9-12H,1-2,5,8,13-15H2,(H,23,26)(H,24,25). The van der Waals surface area contributed by atoms with Crippen LogP contribution in [-0.4, -0.2) is 39.0 Å². The lowest BCUT2D eigenvalue weighted by Crippen LogP contribution is -2.25. The number of carbonyl (C=O) groups excluding carboxylic acids is 1. The topological polar surface area (TPSA) is 87.6 Å². The van der Waals surface area contributed by atoms with E-state index in [-0.39, 0.29) is 10.8 Å². The van der Waals surface area contributed by atoms with Crippen molar-refractivity contribution in [1.29, 1.82) is 0 Å². The van der Waals surface area contributed by atoms with Crippen molar-refractivity contribution in [3.05, 3.63) is 59.1 Å². The van der Waals surface area contributed by atoms with Crippen molar-refractivity contribution in [2.24, 2.45) is 4.99 Å². The van der Waals surface area contributed by atoms with Gasteiger partial charge in [0.05, 0.1) is 4.90 Å². The van der Waals surface area contributed by atoms with Crippen LogP contribution in [0.4, 0.5) is 0 Å². The lowest BCUT2D eigenvalue weighted by Gasteiger charge is -2.05. The Bertz CT molecular complexity index is 1010. The highest BCUT2D eigenvalue weighted by Crippen LogP contribution is 2.22. The summed E-state index contributed by atoms with van der Waals surface area (Å²) in [6, 6.07) is 14.5. The molecule has 2 N–H and O–H groups in total. The van der Waals surface area contributed by atoms with Crippen LogP contribution in [0.25, 0.3) is 0 Å². The Hall–Kier alpha value is -2.03. The first-order valence-corrected chi connectivity index (χ1v) is 12.6.